The number of carbonyl (C=O) groups excluding carboxylic acids is 1. The highest BCUT2D eigenvalue weighted by Gasteiger charge is 2.34. The number of likely N-dealkylation sites (N-methyl/N-ethyl adjacent to an activating group) is 1. The van der Waals surface area contributed by atoms with Crippen LogP contribution in [0.5, 0.6) is 0 Å². The summed E-state index contributed by atoms with van der Waals surface area (Å²) in [4.78, 5) is 24.8. The molecule has 1 atom stereocenters. The summed E-state index contributed by atoms with van der Waals surface area (Å²) in [5.74, 6) is 0.570. The number of carbonyl (C=O) groups is 2. The molecule has 1 saturated heterocycles. The van der Waals surface area contributed by atoms with Crippen LogP contribution in [0.2, 0.25) is 0 Å². The number of nitrogens with zero attached hydrogens (tertiary/aromatic N) is 2. The second-order valence-electron chi connectivity index (χ2n) is 5.48. The van der Waals surface area contributed by atoms with Crippen LogP contribution in [0.1, 0.15) is 19.3 Å². The number of hydrogen-bond acceptors (Lipinski definition) is 5. The molecule has 7 nitrogen and oxygen atoms in total. The van der Waals surface area contributed by atoms with E-state index in [1.165, 1.54) is 6.42 Å². The summed E-state index contributed by atoms with van der Waals surface area (Å²) in [6.07, 6.45) is 3.29. The van der Waals surface area contributed by atoms with Gasteiger partial charge in [-0.1, -0.05) is 6.42 Å². The van der Waals surface area contributed by atoms with Gasteiger partial charge in [0, 0.05) is 25.6 Å². The molecule has 2 rings (SSSR count). The van der Waals surface area contributed by atoms with E-state index in [2.05, 4.69) is 4.90 Å². The van der Waals surface area contributed by atoms with Gasteiger partial charge < -0.3 is 24.7 Å². The number of morpholine rings is 1. The monoisotopic (exact) mass is 302 g/mol. The van der Waals surface area contributed by atoms with E-state index >= 15 is 0 Å². The Morgan fingerprint density at radius 3 is 2.67 bits per heavy atom. The Morgan fingerprint density at radius 2 is 2.14 bits per heavy atom. The molecular weight excluding hydrogens is 276 g/mol. The Kier molecular flexibility index (Phi) is 8.26. The van der Waals surface area contributed by atoms with Gasteiger partial charge in [0.05, 0.1) is 25.9 Å². The van der Waals surface area contributed by atoms with Crippen molar-refractivity contribution in [2.24, 2.45) is 5.92 Å². The molecule has 1 saturated carbocycles. The van der Waals surface area contributed by atoms with E-state index in [0.29, 0.717) is 32.2 Å². The maximum absolute atomic E-state index is 12.3. The van der Waals surface area contributed by atoms with Crippen molar-refractivity contribution in [2.75, 3.05) is 46.5 Å². The molecule has 1 aliphatic carbocycles. The van der Waals surface area contributed by atoms with Gasteiger partial charge >= 0.3 is 0 Å². The Balaban J connectivity index is 0.000000677. The standard InChI is InChI=1S/C13H24N2O3.CH2O2/c1-14(5-7-16)9-12-10-18-8-6-15(12)13(17)11-3-2-4-11;2-1-3/h11-12,16H,2-10H2,1H3;1H,(H,2,3). The van der Waals surface area contributed by atoms with Crippen molar-refractivity contribution in [3.63, 3.8) is 0 Å². The van der Waals surface area contributed by atoms with Crippen molar-refractivity contribution < 1.29 is 24.5 Å². The van der Waals surface area contributed by atoms with Crippen molar-refractivity contribution in [1.29, 1.82) is 0 Å². The highest BCUT2D eigenvalue weighted by molar-refractivity contribution is 5.80. The fraction of sp³-hybridized carbons (Fsp3) is 0.857. The molecule has 2 N–H and O–H groups in total. The summed E-state index contributed by atoms with van der Waals surface area (Å²) in [5, 5.41) is 15.8. The van der Waals surface area contributed by atoms with Gasteiger partial charge in [0.25, 0.3) is 6.47 Å². The number of rotatable bonds is 5. The average molecular weight is 302 g/mol. The Morgan fingerprint density at radius 1 is 1.48 bits per heavy atom. The topological polar surface area (TPSA) is 90.3 Å². The molecule has 1 aliphatic heterocycles. The molecule has 2 fully saturated rings. The molecule has 0 aromatic rings. The van der Waals surface area contributed by atoms with E-state index in [-0.39, 0.29) is 25.0 Å². The SMILES string of the molecule is CN(CCO)CC1COCCN1C(=O)C1CCC1.O=CO. The van der Waals surface area contributed by atoms with Crippen LogP contribution in [-0.2, 0) is 14.3 Å². The number of ether oxygens (including phenoxy) is 1. The van der Waals surface area contributed by atoms with Gasteiger partial charge in [0.1, 0.15) is 0 Å². The summed E-state index contributed by atoms with van der Waals surface area (Å²) in [5.41, 5.74) is 0. The van der Waals surface area contributed by atoms with Crippen molar-refractivity contribution in [3.05, 3.63) is 0 Å². The van der Waals surface area contributed by atoms with Crippen LogP contribution in [0.3, 0.4) is 0 Å². The van der Waals surface area contributed by atoms with Crippen molar-refractivity contribution >= 4 is 12.4 Å². The average Bonchev–Trinajstić information content (AvgIpc) is 2.38. The van der Waals surface area contributed by atoms with Crippen molar-refractivity contribution in [2.45, 2.75) is 25.3 Å². The molecule has 0 radical (unpaired) electrons. The summed E-state index contributed by atoms with van der Waals surface area (Å²) >= 11 is 0. The Bertz CT molecular complexity index is 322. The van der Waals surface area contributed by atoms with Gasteiger partial charge in [-0.2, -0.15) is 0 Å². The molecule has 2 aliphatic rings. The van der Waals surface area contributed by atoms with Crippen LogP contribution >= 0.6 is 0 Å². The largest absolute Gasteiger partial charge is 0.483 e. The summed E-state index contributed by atoms with van der Waals surface area (Å²) in [6, 6.07) is 0.142. The number of amides is 1. The summed E-state index contributed by atoms with van der Waals surface area (Å²) < 4.78 is 5.49. The molecule has 1 heterocycles. The van der Waals surface area contributed by atoms with E-state index in [4.69, 9.17) is 19.7 Å². The van der Waals surface area contributed by atoms with E-state index in [1.807, 2.05) is 11.9 Å². The lowest BCUT2D eigenvalue weighted by Crippen LogP contribution is -2.55. The predicted molar refractivity (Wildman–Crippen MR) is 76.9 cm³/mol. The minimum Gasteiger partial charge on any atom is -0.483 e. The number of aliphatic hydroxyl groups excluding tert-OH is 1. The Labute approximate surface area is 125 Å². The maximum atomic E-state index is 12.3. The molecule has 1 unspecified atom stereocenters. The van der Waals surface area contributed by atoms with Gasteiger partial charge in [0.2, 0.25) is 5.91 Å². The highest BCUT2D eigenvalue weighted by Crippen LogP contribution is 2.29. The zero-order valence-electron chi connectivity index (χ0n) is 12.6. The maximum Gasteiger partial charge on any atom is 0.290 e. The van der Waals surface area contributed by atoms with E-state index < -0.39 is 0 Å². The molecule has 0 aromatic carbocycles. The van der Waals surface area contributed by atoms with Crippen LogP contribution in [0.25, 0.3) is 0 Å². The fourth-order valence-electron chi connectivity index (χ4n) is 2.61. The lowest BCUT2D eigenvalue weighted by atomic mass is 9.84. The number of aliphatic hydroxyl groups is 1. The second-order valence-corrected chi connectivity index (χ2v) is 5.48. The second kappa shape index (κ2) is 9.70. The van der Waals surface area contributed by atoms with E-state index in [9.17, 15) is 4.79 Å². The third-order valence-electron chi connectivity index (χ3n) is 3.97. The molecule has 0 aromatic heterocycles. The molecule has 0 spiro atoms. The highest BCUT2D eigenvalue weighted by atomic mass is 16.5. The number of hydrogen-bond donors (Lipinski definition) is 2. The van der Waals surface area contributed by atoms with Crippen LogP contribution in [-0.4, -0.2) is 84.9 Å². The van der Waals surface area contributed by atoms with Gasteiger partial charge in [-0.25, -0.2) is 0 Å². The van der Waals surface area contributed by atoms with Gasteiger partial charge in [0.15, 0.2) is 0 Å². The first-order valence-electron chi connectivity index (χ1n) is 7.39. The van der Waals surface area contributed by atoms with Crippen molar-refractivity contribution in [1.82, 2.24) is 9.80 Å². The minimum absolute atomic E-state index is 0.142. The van der Waals surface area contributed by atoms with Crippen LogP contribution in [0, 0.1) is 5.92 Å². The quantitative estimate of drug-likeness (QED) is 0.674. The molecule has 7 heteroatoms. The van der Waals surface area contributed by atoms with Crippen LogP contribution in [0.4, 0.5) is 0 Å². The molecular formula is C14H26N2O5. The smallest absolute Gasteiger partial charge is 0.290 e. The third kappa shape index (κ3) is 5.61. The first-order valence-corrected chi connectivity index (χ1v) is 7.39. The van der Waals surface area contributed by atoms with Gasteiger partial charge in [-0.3, -0.25) is 9.59 Å². The Hall–Kier alpha value is -1.18. The number of carboxylic acid groups (broad SMARTS) is 1. The minimum atomic E-state index is -0.250. The summed E-state index contributed by atoms with van der Waals surface area (Å²) in [6.45, 7) is 3.31. The molecule has 122 valence electrons. The van der Waals surface area contributed by atoms with Crippen LogP contribution < -0.4 is 0 Å². The van der Waals surface area contributed by atoms with Gasteiger partial charge in [-0.15, -0.1) is 0 Å². The first kappa shape index (κ1) is 17.9. The third-order valence-corrected chi connectivity index (χ3v) is 3.97. The lowest BCUT2D eigenvalue weighted by molar-refractivity contribution is -0.147. The van der Waals surface area contributed by atoms with E-state index in [0.717, 1.165) is 19.4 Å². The zero-order valence-corrected chi connectivity index (χ0v) is 12.6. The van der Waals surface area contributed by atoms with E-state index in [1.54, 1.807) is 0 Å². The summed E-state index contributed by atoms with van der Waals surface area (Å²) in [7, 11) is 1.97. The van der Waals surface area contributed by atoms with Crippen LogP contribution in [0.15, 0.2) is 0 Å². The molecule has 21 heavy (non-hydrogen) atoms. The predicted octanol–water partition coefficient (Wildman–Crippen LogP) is -0.361. The molecule has 0 bridgehead atoms. The van der Waals surface area contributed by atoms with Gasteiger partial charge in [-0.05, 0) is 19.9 Å². The first-order chi connectivity index (χ1) is 10.1. The van der Waals surface area contributed by atoms with Crippen molar-refractivity contribution in [3.8, 4) is 0 Å². The fourth-order valence-corrected chi connectivity index (χ4v) is 2.61. The normalized spacial score (nSPS) is 22.2. The zero-order chi connectivity index (χ0) is 15.7. The lowest BCUT2D eigenvalue weighted by Gasteiger charge is -2.41. The molecule has 1 amide bonds.